The fraction of sp³-hybridized carbons (Fsp3) is 0.318. The average molecular weight is 365 g/mol. The van der Waals surface area contributed by atoms with E-state index in [-0.39, 0.29) is 0 Å². The summed E-state index contributed by atoms with van der Waals surface area (Å²) in [4.78, 5) is 15.7. The topological polar surface area (TPSA) is 40.5 Å². The minimum absolute atomic E-state index is 0.896. The van der Waals surface area contributed by atoms with Crippen molar-refractivity contribution in [2.75, 3.05) is 20.1 Å². The molecule has 0 bridgehead atoms. The number of hydrogen-bond donors (Lipinski definition) is 1. The van der Waals surface area contributed by atoms with Gasteiger partial charge in [-0.25, -0.2) is 4.79 Å². The molecule has 0 saturated carbocycles. The van der Waals surface area contributed by atoms with Crippen molar-refractivity contribution in [1.29, 1.82) is 0 Å². The quantitative estimate of drug-likeness (QED) is 0.798. The van der Waals surface area contributed by atoms with E-state index in [9.17, 15) is 4.79 Å². The SMILES string of the molecule is CN1CCC(=C2c3ccccc3CCc3sc(C=CC(=O)O)cc32)CC1. The first-order chi connectivity index (χ1) is 12.6. The first-order valence-corrected chi connectivity index (χ1v) is 9.96. The van der Waals surface area contributed by atoms with Crippen LogP contribution in [0.4, 0.5) is 0 Å². The number of carboxylic acid groups (broad SMARTS) is 1. The van der Waals surface area contributed by atoms with Crippen LogP contribution in [0.2, 0.25) is 0 Å². The molecule has 0 amide bonds. The molecule has 1 N–H and O–H groups in total. The standard InChI is InChI=1S/C22H23NO2S/c1-23-12-10-16(11-13-23)22-18-5-3-2-4-15(18)6-8-20-19(22)14-17(26-20)7-9-21(24)25/h2-5,7,9,14H,6,8,10-13H2,1H3,(H,24,25). The van der Waals surface area contributed by atoms with Crippen molar-refractivity contribution in [3.8, 4) is 0 Å². The Labute approximate surface area is 158 Å². The Morgan fingerprint density at radius 1 is 1.12 bits per heavy atom. The Morgan fingerprint density at radius 3 is 2.65 bits per heavy atom. The molecule has 2 aliphatic rings. The Morgan fingerprint density at radius 2 is 1.88 bits per heavy atom. The van der Waals surface area contributed by atoms with Crippen LogP contribution < -0.4 is 0 Å². The van der Waals surface area contributed by atoms with Crippen molar-refractivity contribution in [2.45, 2.75) is 25.7 Å². The smallest absolute Gasteiger partial charge is 0.328 e. The number of carboxylic acids is 1. The van der Waals surface area contributed by atoms with Gasteiger partial charge in [-0.3, -0.25) is 0 Å². The highest BCUT2D eigenvalue weighted by Gasteiger charge is 2.24. The number of thiophene rings is 1. The molecule has 0 atom stereocenters. The third kappa shape index (κ3) is 3.39. The largest absolute Gasteiger partial charge is 0.478 e. The van der Waals surface area contributed by atoms with Gasteiger partial charge in [0.25, 0.3) is 0 Å². The second-order valence-electron chi connectivity index (χ2n) is 7.10. The van der Waals surface area contributed by atoms with Crippen molar-refractivity contribution in [3.63, 3.8) is 0 Å². The van der Waals surface area contributed by atoms with Gasteiger partial charge in [0, 0.05) is 28.9 Å². The first-order valence-electron chi connectivity index (χ1n) is 9.15. The molecule has 3 nitrogen and oxygen atoms in total. The maximum absolute atomic E-state index is 10.9. The number of likely N-dealkylation sites (tertiary alicyclic amines) is 1. The Hall–Kier alpha value is -2.17. The number of benzene rings is 1. The Bertz CT molecular complexity index is 897. The lowest BCUT2D eigenvalue weighted by atomic mass is 9.87. The minimum Gasteiger partial charge on any atom is -0.478 e. The van der Waals surface area contributed by atoms with Gasteiger partial charge in [-0.1, -0.05) is 29.8 Å². The van der Waals surface area contributed by atoms with E-state index in [1.807, 2.05) is 0 Å². The highest BCUT2D eigenvalue weighted by molar-refractivity contribution is 7.13. The summed E-state index contributed by atoms with van der Waals surface area (Å²) in [5, 5.41) is 8.94. The maximum Gasteiger partial charge on any atom is 0.328 e. The lowest BCUT2D eigenvalue weighted by molar-refractivity contribution is -0.131. The third-order valence-electron chi connectivity index (χ3n) is 5.34. The number of carbonyl (C=O) groups is 1. The summed E-state index contributed by atoms with van der Waals surface area (Å²) in [7, 11) is 2.19. The van der Waals surface area contributed by atoms with Gasteiger partial charge in [-0.05, 0) is 67.1 Å². The fourth-order valence-corrected chi connectivity index (χ4v) is 5.05. The molecule has 4 heteroatoms. The number of aliphatic carboxylic acids is 1. The van der Waals surface area contributed by atoms with Gasteiger partial charge in [0.2, 0.25) is 0 Å². The van der Waals surface area contributed by atoms with Crippen molar-refractivity contribution >= 4 is 29.0 Å². The van der Waals surface area contributed by atoms with Crippen LogP contribution in [0.3, 0.4) is 0 Å². The van der Waals surface area contributed by atoms with E-state index in [0.717, 1.165) is 43.6 Å². The van der Waals surface area contributed by atoms with Crippen LogP contribution in [0.5, 0.6) is 0 Å². The molecule has 0 unspecified atom stereocenters. The number of aryl methyl sites for hydroxylation is 2. The number of fused-ring (bicyclic) bond motifs is 2. The zero-order valence-corrected chi connectivity index (χ0v) is 15.8. The van der Waals surface area contributed by atoms with Gasteiger partial charge >= 0.3 is 5.97 Å². The van der Waals surface area contributed by atoms with Crippen LogP contribution in [-0.2, 0) is 17.6 Å². The van der Waals surface area contributed by atoms with E-state index in [0.29, 0.717) is 0 Å². The van der Waals surface area contributed by atoms with E-state index >= 15 is 0 Å². The normalized spacial score (nSPS) is 17.9. The molecular weight excluding hydrogens is 342 g/mol. The van der Waals surface area contributed by atoms with Crippen LogP contribution in [0, 0.1) is 0 Å². The zero-order chi connectivity index (χ0) is 18.1. The summed E-state index contributed by atoms with van der Waals surface area (Å²) in [5.41, 5.74) is 7.08. The van der Waals surface area contributed by atoms with Gasteiger partial charge in [0.15, 0.2) is 0 Å². The van der Waals surface area contributed by atoms with E-state index in [1.165, 1.54) is 33.2 Å². The minimum atomic E-state index is -0.896. The van der Waals surface area contributed by atoms with Crippen LogP contribution in [0.15, 0.2) is 42.0 Å². The lowest BCUT2D eigenvalue weighted by Crippen LogP contribution is -2.27. The van der Waals surface area contributed by atoms with Crippen molar-refractivity contribution in [2.24, 2.45) is 0 Å². The summed E-state index contributed by atoms with van der Waals surface area (Å²) >= 11 is 1.73. The van der Waals surface area contributed by atoms with Gasteiger partial charge in [0.1, 0.15) is 0 Å². The first kappa shape index (κ1) is 17.3. The molecule has 1 aromatic carbocycles. The second-order valence-corrected chi connectivity index (χ2v) is 8.26. The molecule has 1 aliphatic carbocycles. The van der Waals surface area contributed by atoms with E-state index in [2.05, 4.69) is 42.3 Å². The van der Waals surface area contributed by atoms with Crippen LogP contribution in [-0.4, -0.2) is 36.1 Å². The molecule has 0 spiro atoms. The van der Waals surface area contributed by atoms with Gasteiger partial charge < -0.3 is 10.0 Å². The van der Waals surface area contributed by atoms with Crippen molar-refractivity contribution in [1.82, 2.24) is 4.90 Å². The van der Waals surface area contributed by atoms with Crippen molar-refractivity contribution < 1.29 is 9.90 Å². The number of nitrogens with zero attached hydrogens (tertiary/aromatic N) is 1. The number of hydrogen-bond acceptors (Lipinski definition) is 3. The second kappa shape index (κ2) is 7.22. The number of rotatable bonds is 2. The monoisotopic (exact) mass is 365 g/mol. The molecule has 1 saturated heterocycles. The number of piperidine rings is 1. The van der Waals surface area contributed by atoms with Gasteiger partial charge in [-0.15, -0.1) is 11.3 Å². The predicted molar refractivity (Wildman–Crippen MR) is 108 cm³/mol. The van der Waals surface area contributed by atoms with Crippen LogP contribution in [0.25, 0.3) is 11.6 Å². The van der Waals surface area contributed by atoms with Gasteiger partial charge in [0.05, 0.1) is 0 Å². The Kier molecular flexibility index (Phi) is 4.79. The summed E-state index contributed by atoms with van der Waals surface area (Å²) in [6.45, 7) is 2.21. The highest BCUT2D eigenvalue weighted by Crippen LogP contribution is 2.41. The zero-order valence-electron chi connectivity index (χ0n) is 15.0. The molecule has 1 aliphatic heterocycles. The third-order valence-corrected chi connectivity index (χ3v) is 6.50. The predicted octanol–water partition coefficient (Wildman–Crippen LogP) is 4.47. The molecule has 2 heterocycles. The molecule has 26 heavy (non-hydrogen) atoms. The van der Waals surface area contributed by atoms with Crippen LogP contribution in [0.1, 0.15) is 39.3 Å². The molecule has 0 radical (unpaired) electrons. The van der Waals surface area contributed by atoms with E-state index in [4.69, 9.17) is 5.11 Å². The van der Waals surface area contributed by atoms with Gasteiger partial charge in [-0.2, -0.15) is 0 Å². The summed E-state index contributed by atoms with van der Waals surface area (Å²) in [6, 6.07) is 11.0. The summed E-state index contributed by atoms with van der Waals surface area (Å²) in [6.07, 6.45) is 7.24. The maximum atomic E-state index is 10.9. The highest BCUT2D eigenvalue weighted by atomic mass is 32.1. The summed E-state index contributed by atoms with van der Waals surface area (Å²) in [5.74, 6) is -0.896. The lowest BCUT2D eigenvalue weighted by Gasteiger charge is -2.27. The molecule has 1 aromatic heterocycles. The van der Waals surface area contributed by atoms with Crippen LogP contribution >= 0.6 is 11.3 Å². The van der Waals surface area contributed by atoms with E-state index < -0.39 is 5.97 Å². The molecule has 4 rings (SSSR count). The molecular formula is C22H23NO2S. The van der Waals surface area contributed by atoms with Crippen molar-refractivity contribution in [3.05, 3.63) is 68.4 Å². The molecule has 1 fully saturated rings. The molecule has 134 valence electrons. The molecule has 2 aromatic rings. The fourth-order valence-electron chi connectivity index (χ4n) is 3.98. The average Bonchev–Trinajstić information content (AvgIpc) is 2.97. The van der Waals surface area contributed by atoms with E-state index in [1.54, 1.807) is 23.0 Å². The summed E-state index contributed by atoms with van der Waals surface area (Å²) < 4.78 is 0. The Balaban J connectivity index is 1.86.